The lowest BCUT2D eigenvalue weighted by Crippen LogP contribution is -2.03. The molecule has 4 heteroatoms. The summed E-state index contributed by atoms with van der Waals surface area (Å²) in [5.74, 6) is 0.769. The molecule has 0 amide bonds. The first-order chi connectivity index (χ1) is 6.74. The highest BCUT2D eigenvalue weighted by atomic mass is 79.9. The van der Waals surface area contributed by atoms with Crippen molar-refractivity contribution in [1.82, 2.24) is 4.98 Å². The molecule has 1 N–H and O–H groups in total. The summed E-state index contributed by atoms with van der Waals surface area (Å²) in [4.78, 5) is 4.19. The highest BCUT2D eigenvalue weighted by Gasteiger charge is 2.00. The second-order valence-corrected chi connectivity index (χ2v) is 4.44. The fourth-order valence-corrected chi connectivity index (χ4v) is 1.82. The maximum atomic E-state index is 5.99. The van der Waals surface area contributed by atoms with Crippen LogP contribution >= 0.6 is 27.5 Å². The van der Waals surface area contributed by atoms with E-state index >= 15 is 0 Å². The Kier molecular flexibility index (Phi) is 5.26. The molecule has 0 saturated carbocycles. The van der Waals surface area contributed by atoms with Gasteiger partial charge < -0.3 is 5.32 Å². The van der Waals surface area contributed by atoms with E-state index in [9.17, 15) is 0 Å². The zero-order valence-corrected chi connectivity index (χ0v) is 10.5. The third-order valence-corrected chi connectivity index (χ3v) is 2.60. The van der Waals surface area contributed by atoms with Crippen LogP contribution in [0.1, 0.15) is 26.2 Å². The maximum absolute atomic E-state index is 5.99. The van der Waals surface area contributed by atoms with Crippen LogP contribution in [0, 0.1) is 0 Å². The molecule has 0 radical (unpaired) electrons. The SMILES string of the molecule is CCCCCNc1ncc(Br)cc1Cl. The lowest BCUT2D eigenvalue weighted by atomic mass is 10.2. The van der Waals surface area contributed by atoms with Crippen molar-refractivity contribution in [3.8, 4) is 0 Å². The van der Waals surface area contributed by atoms with Crippen LogP contribution in [-0.2, 0) is 0 Å². The van der Waals surface area contributed by atoms with Crippen LogP contribution in [0.2, 0.25) is 5.02 Å². The van der Waals surface area contributed by atoms with Gasteiger partial charge in [-0.1, -0.05) is 31.4 Å². The molecule has 1 heterocycles. The molecule has 0 aromatic carbocycles. The molecule has 0 spiro atoms. The first kappa shape index (κ1) is 11.8. The average Bonchev–Trinajstić information content (AvgIpc) is 2.15. The van der Waals surface area contributed by atoms with Gasteiger partial charge in [0.1, 0.15) is 5.82 Å². The molecule has 1 aromatic rings. The monoisotopic (exact) mass is 276 g/mol. The predicted molar refractivity (Wildman–Crippen MR) is 65.0 cm³/mol. The molecule has 14 heavy (non-hydrogen) atoms. The quantitative estimate of drug-likeness (QED) is 0.820. The van der Waals surface area contributed by atoms with E-state index in [0.717, 1.165) is 23.3 Å². The maximum Gasteiger partial charge on any atom is 0.144 e. The van der Waals surface area contributed by atoms with Gasteiger partial charge in [0.05, 0.1) is 5.02 Å². The molecule has 0 bridgehead atoms. The normalized spacial score (nSPS) is 10.2. The molecule has 0 fully saturated rings. The highest BCUT2D eigenvalue weighted by molar-refractivity contribution is 9.10. The van der Waals surface area contributed by atoms with E-state index in [2.05, 4.69) is 33.2 Å². The second-order valence-electron chi connectivity index (χ2n) is 3.12. The molecule has 0 aliphatic rings. The van der Waals surface area contributed by atoms with Crippen LogP contribution in [0.15, 0.2) is 16.7 Å². The smallest absolute Gasteiger partial charge is 0.144 e. The average molecular weight is 278 g/mol. The summed E-state index contributed by atoms with van der Waals surface area (Å²) in [6, 6.07) is 1.84. The minimum absolute atomic E-state index is 0.663. The van der Waals surface area contributed by atoms with Gasteiger partial charge in [-0.2, -0.15) is 0 Å². The van der Waals surface area contributed by atoms with E-state index in [4.69, 9.17) is 11.6 Å². The van der Waals surface area contributed by atoms with Crippen molar-refractivity contribution in [2.75, 3.05) is 11.9 Å². The highest BCUT2D eigenvalue weighted by Crippen LogP contribution is 2.22. The minimum atomic E-state index is 0.663. The van der Waals surface area contributed by atoms with Crippen molar-refractivity contribution in [1.29, 1.82) is 0 Å². The fourth-order valence-electron chi connectivity index (χ4n) is 1.13. The molecular formula is C10H14BrClN2. The van der Waals surface area contributed by atoms with Crippen molar-refractivity contribution in [2.24, 2.45) is 0 Å². The van der Waals surface area contributed by atoms with Crippen molar-refractivity contribution in [2.45, 2.75) is 26.2 Å². The van der Waals surface area contributed by atoms with Crippen molar-refractivity contribution >= 4 is 33.3 Å². The van der Waals surface area contributed by atoms with E-state index in [1.165, 1.54) is 12.8 Å². The number of hydrogen-bond acceptors (Lipinski definition) is 2. The topological polar surface area (TPSA) is 24.9 Å². The van der Waals surface area contributed by atoms with Crippen molar-refractivity contribution in [3.63, 3.8) is 0 Å². The summed E-state index contributed by atoms with van der Waals surface area (Å²) in [7, 11) is 0. The summed E-state index contributed by atoms with van der Waals surface area (Å²) in [5, 5.41) is 3.87. The number of halogens is 2. The zero-order valence-electron chi connectivity index (χ0n) is 8.19. The Morgan fingerprint density at radius 2 is 2.29 bits per heavy atom. The van der Waals surface area contributed by atoms with Crippen LogP contribution in [-0.4, -0.2) is 11.5 Å². The number of anilines is 1. The number of nitrogens with one attached hydrogen (secondary N) is 1. The Labute approximate surface area is 98.2 Å². The third kappa shape index (κ3) is 3.84. The first-order valence-corrected chi connectivity index (χ1v) is 5.96. The van der Waals surface area contributed by atoms with Crippen LogP contribution in [0.25, 0.3) is 0 Å². The van der Waals surface area contributed by atoms with Gasteiger partial charge >= 0.3 is 0 Å². The van der Waals surface area contributed by atoms with Gasteiger partial charge in [0.25, 0.3) is 0 Å². The van der Waals surface area contributed by atoms with Gasteiger partial charge in [-0.15, -0.1) is 0 Å². The van der Waals surface area contributed by atoms with Gasteiger partial charge in [0, 0.05) is 17.2 Å². The largest absolute Gasteiger partial charge is 0.369 e. The molecule has 0 unspecified atom stereocenters. The Balaban J connectivity index is 2.42. The lowest BCUT2D eigenvalue weighted by molar-refractivity contribution is 0.742. The van der Waals surface area contributed by atoms with Crippen molar-refractivity contribution in [3.05, 3.63) is 21.8 Å². The third-order valence-electron chi connectivity index (χ3n) is 1.88. The van der Waals surface area contributed by atoms with Gasteiger partial charge in [-0.3, -0.25) is 0 Å². The van der Waals surface area contributed by atoms with Gasteiger partial charge in [0.2, 0.25) is 0 Å². The number of unbranched alkanes of at least 4 members (excludes halogenated alkanes) is 2. The predicted octanol–water partition coefficient (Wildman–Crippen LogP) is 4.10. The molecule has 0 aliphatic heterocycles. The fraction of sp³-hybridized carbons (Fsp3) is 0.500. The van der Waals surface area contributed by atoms with E-state index < -0.39 is 0 Å². The van der Waals surface area contributed by atoms with Gasteiger partial charge in [-0.25, -0.2) is 4.98 Å². The number of rotatable bonds is 5. The standard InChI is InChI=1S/C10H14BrClN2/c1-2-3-4-5-13-10-9(12)6-8(11)7-14-10/h6-7H,2-5H2,1H3,(H,13,14). The molecule has 0 aliphatic carbocycles. The minimum Gasteiger partial charge on any atom is -0.369 e. The number of nitrogens with zero attached hydrogens (tertiary/aromatic N) is 1. The van der Waals surface area contributed by atoms with E-state index in [0.29, 0.717) is 5.02 Å². The molecule has 0 atom stereocenters. The van der Waals surface area contributed by atoms with Crippen LogP contribution in [0.5, 0.6) is 0 Å². The molecular weight excluding hydrogens is 263 g/mol. The number of aromatic nitrogens is 1. The van der Waals surface area contributed by atoms with E-state index in [1.807, 2.05) is 6.07 Å². The Morgan fingerprint density at radius 3 is 2.93 bits per heavy atom. The van der Waals surface area contributed by atoms with Gasteiger partial charge in [-0.05, 0) is 28.4 Å². The summed E-state index contributed by atoms with van der Waals surface area (Å²) in [6.07, 6.45) is 5.36. The summed E-state index contributed by atoms with van der Waals surface area (Å²) < 4.78 is 0.904. The Bertz CT molecular complexity index is 291. The summed E-state index contributed by atoms with van der Waals surface area (Å²) >= 11 is 9.30. The number of hydrogen-bond donors (Lipinski definition) is 1. The molecule has 2 nitrogen and oxygen atoms in total. The molecule has 1 rings (SSSR count). The van der Waals surface area contributed by atoms with Crippen LogP contribution in [0.3, 0.4) is 0 Å². The summed E-state index contributed by atoms with van der Waals surface area (Å²) in [6.45, 7) is 3.12. The summed E-state index contributed by atoms with van der Waals surface area (Å²) in [5.41, 5.74) is 0. The lowest BCUT2D eigenvalue weighted by Gasteiger charge is -2.06. The Hall–Kier alpha value is -0.280. The number of pyridine rings is 1. The van der Waals surface area contributed by atoms with Crippen LogP contribution < -0.4 is 5.32 Å². The second kappa shape index (κ2) is 6.25. The zero-order chi connectivity index (χ0) is 10.4. The Morgan fingerprint density at radius 1 is 1.50 bits per heavy atom. The van der Waals surface area contributed by atoms with Crippen molar-refractivity contribution < 1.29 is 0 Å². The molecule has 0 saturated heterocycles. The molecule has 1 aromatic heterocycles. The first-order valence-electron chi connectivity index (χ1n) is 4.79. The van der Waals surface area contributed by atoms with Gasteiger partial charge in [0.15, 0.2) is 0 Å². The van der Waals surface area contributed by atoms with E-state index in [1.54, 1.807) is 6.20 Å². The molecule has 78 valence electrons. The van der Waals surface area contributed by atoms with E-state index in [-0.39, 0.29) is 0 Å². The van der Waals surface area contributed by atoms with Crippen LogP contribution in [0.4, 0.5) is 5.82 Å².